The third kappa shape index (κ3) is 2.98. The predicted molar refractivity (Wildman–Crippen MR) is 60.9 cm³/mol. The number of rotatable bonds is 4. The van der Waals surface area contributed by atoms with Crippen LogP contribution in [-0.4, -0.2) is 36.1 Å². The molecule has 7 nitrogen and oxygen atoms in total. The Morgan fingerprint density at radius 1 is 1.17 bits per heavy atom. The van der Waals surface area contributed by atoms with E-state index in [1.807, 2.05) is 0 Å². The van der Waals surface area contributed by atoms with E-state index in [2.05, 4.69) is 0 Å². The molecule has 0 saturated heterocycles. The lowest BCUT2D eigenvalue weighted by Crippen LogP contribution is -2.45. The molecule has 0 bridgehead atoms. The van der Waals surface area contributed by atoms with E-state index in [-0.39, 0.29) is 4.90 Å². The van der Waals surface area contributed by atoms with Crippen molar-refractivity contribution in [2.24, 2.45) is 0 Å². The highest BCUT2D eigenvalue weighted by atomic mass is 32.2. The van der Waals surface area contributed by atoms with E-state index in [1.54, 1.807) is 6.92 Å². The fourth-order valence-corrected chi connectivity index (χ4v) is 2.56. The minimum absolute atomic E-state index is 0.255. The zero-order chi connectivity index (χ0) is 13.9. The van der Waals surface area contributed by atoms with Gasteiger partial charge in [0.05, 0.1) is 4.90 Å². The first-order chi connectivity index (χ1) is 8.25. The molecule has 1 unspecified atom stereocenters. The molecule has 18 heavy (non-hydrogen) atoms. The fourth-order valence-electron chi connectivity index (χ4n) is 1.25. The van der Waals surface area contributed by atoms with E-state index in [0.29, 0.717) is 0 Å². The zero-order valence-corrected chi connectivity index (χ0v) is 10.1. The Kier molecular flexibility index (Phi) is 3.92. The number of hydrogen-bond donors (Lipinski definition) is 3. The number of nitrogens with one attached hydrogen (secondary N) is 1. The molecule has 0 fully saturated rings. The Morgan fingerprint density at radius 3 is 2.06 bits per heavy atom. The van der Waals surface area contributed by atoms with Crippen LogP contribution in [0.1, 0.15) is 5.56 Å². The fraction of sp³-hybridized carbons (Fsp3) is 0.200. The predicted octanol–water partition coefficient (Wildman–Crippen LogP) is 0.447. The molecule has 1 amide bonds. The quantitative estimate of drug-likeness (QED) is 0.732. The summed E-state index contributed by atoms with van der Waals surface area (Å²) in [6.45, 7) is 1.74. The molecule has 3 N–H and O–H groups in total. The summed E-state index contributed by atoms with van der Waals surface area (Å²) in [5, 5.41) is 16.5. The molecule has 0 spiro atoms. The molecule has 0 aliphatic carbocycles. The van der Waals surface area contributed by atoms with Crippen LogP contribution in [0, 0.1) is 6.92 Å². The summed E-state index contributed by atoms with van der Waals surface area (Å²) in [4.78, 5) is 21.0. The van der Waals surface area contributed by atoms with Crippen LogP contribution in [0.25, 0.3) is 0 Å². The van der Waals surface area contributed by atoms with Gasteiger partial charge in [0.2, 0.25) is 15.2 Å². The standard InChI is InChI=1S/C10H11NO6S/c1-6-2-4-7(5-3-6)18(16,17)8(9(12)13)11-10(14)15/h2-5,8,11H,1H3,(H,12,13)(H,14,15). The maximum atomic E-state index is 11.9. The van der Waals surface area contributed by atoms with Crippen molar-refractivity contribution in [2.45, 2.75) is 17.2 Å². The van der Waals surface area contributed by atoms with Crippen LogP contribution >= 0.6 is 0 Å². The number of aryl methyl sites for hydroxylation is 1. The second kappa shape index (κ2) is 5.05. The van der Waals surface area contributed by atoms with Gasteiger partial charge < -0.3 is 10.2 Å². The third-order valence-electron chi connectivity index (χ3n) is 2.14. The maximum Gasteiger partial charge on any atom is 0.406 e. The number of carbonyl (C=O) groups is 2. The number of benzene rings is 1. The normalized spacial score (nSPS) is 12.7. The van der Waals surface area contributed by atoms with E-state index < -0.39 is 27.3 Å². The Hall–Kier alpha value is -2.09. The Bertz CT molecular complexity index is 563. The molecule has 0 saturated carbocycles. The van der Waals surface area contributed by atoms with Crippen molar-refractivity contribution in [3.05, 3.63) is 29.8 Å². The van der Waals surface area contributed by atoms with Gasteiger partial charge in [-0.2, -0.15) is 0 Å². The molecule has 1 aromatic carbocycles. The number of sulfone groups is 1. The maximum absolute atomic E-state index is 11.9. The van der Waals surface area contributed by atoms with Crippen LogP contribution in [0.5, 0.6) is 0 Å². The molecule has 1 rings (SSSR count). The number of carboxylic acids is 1. The van der Waals surface area contributed by atoms with Gasteiger partial charge in [-0.25, -0.2) is 18.0 Å². The third-order valence-corrected chi connectivity index (χ3v) is 4.01. The van der Waals surface area contributed by atoms with Gasteiger partial charge in [-0.05, 0) is 19.1 Å². The first-order valence-corrected chi connectivity index (χ1v) is 6.32. The van der Waals surface area contributed by atoms with Crippen LogP contribution < -0.4 is 5.32 Å². The van der Waals surface area contributed by atoms with Crippen LogP contribution in [0.4, 0.5) is 4.79 Å². The van der Waals surface area contributed by atoms with E-state index >= 15 is 0 Å². The minimum Gasteiger partial charge on any atom is -0.479 e. The van der Waals surface area contributed by atoms with Crippen molar-refractivity contribution >= 4 is 21.9 Å². The summed E-state index contributed by atoms with van der Waals surface area (Å²) in [6.07, 6.45) is -1.72. The van der Waals surface area contributed by atoms with Gasteiger partial charge in [-0.1, -0.05) is 17.7 Å². The van der Waals surface area contributed by atoms with E-state index in [9.17, 15) is 18.0 Å². The lowest BCUT2D eigenvalue weighted by Gasteiger charge is -2.13. The van der Waals surface area contributed by atoms with E-state index in [0.717, 1.165) is 5.56 Å². The highest BCUT2D eigenvalue weighted by Gasteiger charge is 2.35. The lowest BCUT2D eigenvalue weighted by atomic mass is 10.2. The number of hydrogen-bond acceptors (Lipinski definition) is 4. The van der Waals surface area contributed by atoms with Crippen molar-refractivity contribution in [3.8, 4) is 0 Å². The molecular weight excluding hydrogens is 262 g/mol. The summed E-state index contributed by atoms with van der Waals surface area (Å²) in [7, 11) is -4.30. The first-order valence-electron chi connectivity index (χ1n) is 4.78. The molecule has 0 heterocycles. The molecule has 0 aliphatic rings. The van der Waals surface area contributed by atoms with Crippen molar-refractivity contribution in [1.82, 2.24) is 5.32 Å². The Balaban J connectivity index is 3.21. The van der Waals surface area contributed by atoms with Crippen LogP contribution in [0.3, 0.4) is 0 Å². The molecule has 8 heteroatoms. The second-order valence-corrected chi connectivity index (χ2v) is 5.56. The van der Waals surface area contributed by atoms with E-state index in [4.69, 9.17) is 10.2 Å². The summed E-state index contributed by atoms with van der Waals surface area (Å²) in [5.41, 5.74) is 0.798. The SMILES string of the molecule is Cc1ccc(S(=O)(=O)C(NC(=O)O)C(=O)O)cc1. The van der Waals surface area contributed by atoms with Gasteiger partial charge in [0, 0.05) is 0 Å². The zero-order valence-electron chi connectivity index (χ0n) is 9.32. The molecule has 0 radical (unpaired) electrons. The van der Waals surface area contributed by atoms with Crippen LogP contribution in [-0.2, 0) is 14.6 Å². The molecule has 1 atom stereocenters. The Morgan fingerprint density at radius 2 is 1.67 bits per heavy atom. The Labute approximate surface area is 103 Å². The minimum atomic E-state index is -4.30. The summed E-state index contributed by atoms with van der Waals surface area (Å²) in [6, 6.07) is 5.44. The number of carboxylic acid groups (broad SMARTS) is 2. The molecule has 1 aromatic rings. The van der Waals surface area contributed by atoms with Crippen molar-refractivity contribution < 1.29 is 28.2 Å². The van der Waals surface area contributed by atoms with Crippen molar-refractivity contribution in [1.29, 1.82) is 0 Å². The van der Waals surface area contributed by atoms with Crippen molar-refractivity contribution in [3.63, 3.8) is 0 Å². The molecule has 0 aliphatic heterocycles. The van der Waals surface area contributed by atoms with Crippen LogP contribution in [0.2, 0.25) is 0 Å². The molecular formula is C10H11NO6S. The van der Waals surface area contributed by atoms with Gasteiger partial charge in [-0.15, -0.1) is 0 Å². The highest BCUT2D eigenvalue weighted by Crippen LogP contribution is 2.15. The highest BCUT2D eigenvalue weighted by molar-refractivity contribution is 7.92. The van der Waals surface area contributed by atoms with E-state index in [1.165, 1.54) is 29.6 Å². The van der Waals surface area contributed by atoms with Gasteiger partial charge in [-0.3, -0.25) is 5.32 Å². The average molecular weight is 273 g/mol. The van der Waals surface area contributed by atoms with Gasteiger partial charge in [0.1, 0.15) is 0 Å². The summed E-state index contributed by atoms with van der Waals surface area (Å²) in [5.74, 6) is -1.78. The summed E-state index contributed by atoms with van der Waals surface area (Å²) >= 11 is 0. The summed E-state index contributed by atoms with van der Waals surface area (Å²) < 4.78 is 23.8. The molecule has 98 valence electrons. The number of amides is 1. The monoisotopic (exact) mass is 273 g/mol. The van der Waals surface area contributed by atoms with Gasteiger partial charge >= 0.3 is 12.1 Å². The topological polar surface area (TPSA) is 121 Å². The average Bonchev–Trinajstić information content (AvgIpc) is 2.25. The smallest absolute Gasteiger partial charge is 0.406 e. The van der Waals surface area contributed by atoms with Gasteiger partial charge in [0.15, 0.2) is 0 Å². The second-order valence-electron chi connectivity index (χ2n) is 3.53. The first kappa shape index (κ1) is 14.0. The van der Waals surface area contributed by atoms with Gasteiger partial charge in [0.25, 0.3) is 0 Å². The number of aliphatic carboxylic acids is 1. The molecule has 0 aromatic heterocycles. The largest absolute Gasteiger partial charge is 0.479 e. The van der Waals surface area contributed by atoms with Crippen LogP contribution in [0.15, 0.2) is 29.2 Å². The van der Waals surface area contributed by atoms with Crippen molar-refractivity contribution in [2.75, 3.05) is 0 Å². The lowest BCUT2D eigenvalue weighted by molar-refractivity contribution is -0.137.